The summed E-state index contributed by atoms with van der Waals surface area (Å²) in [5.74, 6) is 0. The van der Waals surface area contributed by atoms with Gasteiger partial charge in [0, 0.05) is 11.6 Å². The zero-order chi connectivity index (χ0) is 10.8. The van der Waals surface area contributed by atoms with Crippen LogP contribution in [0, 0.1) is 0 Å². The Morgan fingerprint density at radius 3 is 2.50 bits per heavy atom. The summed E-state index contributed by atoms with van der Waals surface area (Å²) in [6.45, 7) is 0. The highest BCUT2D eigenvalue weighted by atomic mass is 35.5. The van der Waals surface area contributed by atoms with E-state index in [0.717, 1.165) is 18.6 Å². The molecule has 0 N–H and O–H groups in total. The van der Waals surface area contributed by atoms with Gasteiger partial charge < -0.3 is 4.42 Å². The minimum absolute atomic E-state index is 0.230. The molecule has 0 unspecified atom stereocenters. The van der Waals surface area contributed by atoms with Gasteiger partial charge in [0.25, 0.3) is 0 Å². The van der Waals surface area contributed by atoms with Crippen LogP contribution in [0.15, 0.2) is 29.1 Å². The normalized spacial score (nSPS) is 13.0. The molecule has 0 amide bonds. The molecule has 1 rings (SSSR count). The predicted molar refractivity (Wildman–Crippen MR) is 43.6 cm³/mol. The maximum atomic E-state index is 12.3. The molecule has 0 aliphatic rings. The Morgan fingerprint density at radius 2 is 2.14 bits per heavy atom. The fraction of sp³-hybridized carbons (Fsp3) is 0.125. The van der Waals surface area contributed by atoms with Crippen LogP contribution in [0.25, 0.3) is 5.57 Å². The Bertz CT molecular complexity index is 351. The molecular weight excluding hydrogens is 221 g/mol. The summed E-state index contributed by atoms with van der Waals surface area (Å²) in [6, 6.07) is 1.10. The number of hydrogen-bond donors (Lipinski definition) is 0. The molecule has 0 radical (unpaired) electrons. The van der Waals surface area contributed by atoms with E-state index in [9.17, 15) is 18.0 Å². The number of carbonyl (C=O) groups is 1. The fourth-order valence-electron chi connectivity index (χ4n) is 0.860. The minimum Gasteiger partial charge on any atom is -0.472 e. The molecule has 0 saturated carbocycles. The topological polar surface area (TPSA) is 30.2 Å². The van der Waals surface area contributed by atoms with Crippen LogP contribution in [0.1, 0.15) is 5.56 Å². The number of hydrogen-bond acceptors (Lipinski definition) is 2. The van der Waals surface area contributed by atoms with Crippen LogP contribution in [0.5, 0.6) is 0 Å². The van der Waals surface area contributed by atoms with E-state index < -0.39 is 17.0 Å². The number of carbonyl (C=O) groups excluding carboxylic acids is 1. The van der Waals surface area contributed by atoms with Crippen molar-refractivity contribution in [3.63, 3.8) is 0 Å². The molecule has 1 aromatic heterocycles. The first-order valence-electron chi connectivity index (χ1n) is 3.42. The van der Waals surface area contributed by atoms with Crippen molar-refractivity contribution in [2.75, 3.05) is 0 Å². The van der Waals surface area contributed by atoms with Gasteiger partial charge in [0.05, 0.1) is 18.1 Å². The van der Waals surface area contributed by atoms with Crippen LogP contribution in [0.4, 0.5) is 13.2 Å². The van der Waals surface area contributed by atoms with E-state index in [1.165, 1.54) is 0 Å². The van der Waals surface area contributed by atoms with Crippen molar-refractivity contribution in [3.05, 3.63) is 30.2 Å². The van der Waals surface area contributed by atoms with Gasteiger partial charge in [0.1, 0.15) is 0 Å². The lowest BCUT2D eigenvalue weighted by Crippen LogP contribution is -2.11. The third-order valence-corrected chi connectivity index (χ3v) is 1.50. The fourth-order valence-corrected chi connectivity index (χ4v) is 0.969. The Kier molecular flexibility index (Phi) is 3.00. The van der Waals surface area contributed by atoms with E-state index in [1.54, 1.807) is 0 Å². The maximum absolute atomic E-state index is 12.3. The average molecular weight is 225 g/mol. The molecule has 1 heterocycles. The Balaban J connectivity index is 3.14. The second-order valence-corrected chi connectivity index (χ2v) is 2.74. The summed E-state index contributed by atoms with van der Waals surface area (Å²) < 4.78 is 41.4. The molecule has 0 saturated heterocycles. The molecule has 0 spiro atoms. The van der Waals surface area contributed by atoms with Crippen LogP contribution in [-0.2, 0) is 4.79 Å². The van der Waals surface area contributed by atoms with Crippen LogP contribution in [0.3, 0.4) is 0 Å². The Labute approximate surface area is 82.0 Å². The molecule has 0 fully saturated rings. The quantitative estimate of drug-likeness (QED) is 0.571. The lowest BCUT2D eigenvalue weighted by molar-refractivity contribution is -0.108. The molecule has 0 aliphatic heterocycles. The summed E-state index contributed by atoms with van der Waals surface area (Å²) in [6.07, 6.45) is -2.35. The van der Waals surface area contributed by atoms with Crippen molar-refractivity contribution in [3.8, 4) is 0 Å². The number of halogens is 4. The molecule has 0 atom stereocenters. The summed E-state index contributed by atoms with van der Waals surface area (Å²) in [4.78, 5) is 10.4. The summed E-state index contributed by atoms with van der Waals surface area (Å²) in [5.41, 5.74) is -1.35. The summed E-state index contributed by atoms with van der Waals surface area (Å²) in [5, 5.41) is -1.18. The second-order valence-electron chi connectivity index (χ2n) is 2.37. The van der Waals surface area contributed by atoms with Gasteiger partial charge >= 0.3 is 6.18 Å². The molecule has 0 aromatic carbocycles. The molecule has 6 heteroatoms. The average Bonchev–Trinajstić information content (AvgIpc) is 2.49. The van der Waals surface area contributed by atoms with Crippen molar-refractivity contribution < 1.29 is 22.4 Å². The number of alkyl halides is 3. The largest absolute Gasteiger partial charge is 0.472 e. The predicted octanol–water partition coefficient (Wildman–Crippen LogP) is 2.99. The van der Waals surface area contributed by atoms with E-state index >= 15 is 0 Å². The molecule has 2 nitrogen and oxygen atoms in total. The molecule has 0 aliphatic carbocycles. The van der Waals surface area contributed by atoms with Crippen molar-refractivity contribution in [1.82, 2.24) is 0 Å². The van der Waals surface area contributed by atoms with Crippen molar-refractivity contribution >= 4 is 22.4 Å². The van der Waals surface area contributed by atoms with Crippen molar-refractivity contribution in [2.45, 2.75) is 6.18 Å². The van der Waals surface area contributed by atoms with Crippen LogP contribution < -0.4 is 0 Å². The van der Waals surface area contributed by atoms with Gasteiger partial charge in [0.2, 0.25) is 5.24 Å². The smallest absolute Gasteiger partial charge is 0.417 e. The van der Waals surface area contributed by atoms with E-state index in [4.69, 9.17) is 11.6 Å². The standard InChI is InChI=1S/C8H4ClF3O2/c9-7(13)3-6(8(10,11)12)5-1-2-14-4-5/h1-4H. The number of furan rings is 1. The summed E-state index contributed by atoms with van der Waals surface area (Å²) in [7, 11) is 0. The summed E-state index contributed by atoms with van der Waals surface area (Å²) >= 11 is 4.85. The van der Waals surface area contributed by atoms with Gasteiger partial charge in [-0.25, -0.2) is 0 Å². The molecule has 14 heavy (non-hydrogen) atoms. The highest BCUT2D eigenvalue weighted by molar-refractivity contribution is 6.67. The van der Waals surface area contributed by atoms with Gasteiger partial charge in [-0.3, -0.25) is 4.79 Å². The van der Waals surface area contributed by atoms with E-state index in [2.05, 4.69) is 4.42 Å². The number of allylic oxidation sites excluding steroid dienone is 2. The van der Waals surface area contributed by atoms with E-state index in [1.807, 2.05) is 0 Å². The maximum Gasteiger partial charge on any atom is 0.417 e. The Hall–Kier alpha value is -1.23. The first-order valence-corrected chi connectivity index (χ1v) is 3.80. The molecule has 0 bridgehead atoms. The van der Waals surface area contributed by atoms with Gasteiger partial charge in [-0.1, -0.05) is 0 Å². The lowest BCUT2D eigenvalue weighted by Gasteiger charge is -2.08. The Morgan fingerprint density at radius 1 is 1.50 bits per heavy atom. The van der Waals surface area contributed by atoms with E-state index in [-0.39, 0.29) is 5.56 Å². The van der Waals surface area contributed by atoms with Gasteiger partial charge in [-0.05, 0) is 17.7 Å². The zero-order valence-corrected chi connectivity index (χ0v) is 7.39. The van der Waals surface area contributed by atoms with E-state index in [0.29, 0.717) is 6.08 Å². The highest BCUT2D eigenvalue weighted by Gasteiger charge is 2.35. The number of rotatable bonds is 2. The van der Waals surface area contributed by atoms with Crippen molar-refractivity contribution in [1.29, 1.82) is 0 Å². The lowest BCUT2D eigenvalue weighted by atomic mass is 10.1. The monoisotopic (exact) mass is 224 g/mol. The first kappa shape index (κ1) is 10.8. The third kappa shape index (κ3) is 2.63. The third-order valence-electron chi connectivity index (χ3n) is 1.40. The van der Waals surface area contributed by atoms with Gasteiger partial charge in [-0.15, -0.1) is 0 Å². The van der Waals surface area contributed by atoms with Crippen LogP contribution in [-0.4, -0.2) is 11.4 Å². The SMILES string of the molecule is O=C(Cl)C=C(c1ccoc1)C(F)(F)F. The van der Waals surface area contributed by atoms with Crippen LogP contribution in [0.2, 0.25) is 0 Å². The van der Waals surface area contributed by atoms with Gasteiger partial charge in [-0.2, -0.15) is 13.2 Å². The molecule has 76 valence electrons. The second kappa shape index (κ2) is 3.88. The van der Waals surface area contributed by atoms with Gasteiger partial charge in [0.15, 0.2) is 0 Å². The highest BCUT2D eigenvalue weighted by Crippen LogP contribution is 2.34. The molecular formula is C8H4ClF3O2. The molecule has 1 aromatic rings. The zero-order valence-electron chi connectivity index (χ0n) is 6.64. The minimum atomic E-state index is -4.63. The van der Waals surface area contributed by atoms with Crippen molar-refractivity contribution in [2.24, 2.45) is 0 Å². The van der Waals surface area contributed by atoms with Crippen LogP contribution >= 0.6 is 11.6 Å². The first-order chi connectivity index (χ1) is 6.41.